The van der Waals surface area contributed by atoms with E-state index in [-0.39, 0.29) is 11.4 Å². The maximum Gasteiger partial charge on any atom is 0.240 e. The van der Waals surface area contributed by atoms with E-state index >= 15 is 0 Å². The van der Waals surface area contributed by atoms with Gasteiger partial charge in [0.25, 0.3) is 0 Å². The molecule has 0 aliphatic carbocycles. The summed E-state index contributed by atoms with van der Waals surface area (Å²) in [5.74, 6) is 0.150. The lowest BCUT2D eigenvalue weighted by atomic mass is 10.2. The van der Waals surface area contributed by atoms with Crippen molar-refractivity contribution in [1.29, 1.82) is 5.41 Å². The van der Waals surface area contributed by atoms with Gasteiger partial charge in [0.1, 0.15) is 5.69 Å². The fraction of sp³-hybridized carbons (Fsp3) is 0.100. The van der Waals surface area contributed by atoms with E-state index in [4.69, 9.17) is 34.3 Å². The molecule has 17 heavy (non-hydrogen) atoms. The first-order valence-electron chi connectivity index (χ1n) is 4.70. The predicted octanol–water partition coefficient (Wildman–Crippen LogP) is 1.85. The average molecular weight is 277 g/mol. The summed E-state index contributed by atoms with van der Waals surface area (Å²) in [6.07, 6.45) is 0. The lowest BCUT2D eigenvalue weighted by molar-refractivity contribution is 0.652. The van der Waals surface area contributed by atoms with Crippen molar-refractivity contribution in [3.63, 3.8) is 0 Å². The Balaban J connectivity index is 2.73. The summed E-state index contributed by atoms with van der Waals surface area (Å²) >= 11 is 12.0. The molecule has 2 rings (SSSR count). The van der Waals surface area contributed by atoms with Crippen LogP contribution in [0.3, 0.4) is 0 Å². The Bertz CT molecular complexity index is 635. The van der Waals surface area contributed by atoms with Crippen LogP contribution >= 0.6 is 23.2 Å². The van der Waals surface area contributed by atoms with E-state index in [1.807, 2.05) is 0 Å². The van der Waals surface area contributed by atoms with E-state index in [1.54, 1.807) is 25.2 Å². The van der Waals surface area contributed by atoms with Crippen LogP contribution in [0.15, 0.2) is 18.2 Å². The van der Waals surface area contributed by atoms with Crippen molar-refractivity contribution < 1.29 is 0 Å². The van der Waals surface area contributed by atoms with Crippen molar-refractivity contribution in [2.75, 3.05) is 5.73 Å². The second kappa shape index (κ2) is 4.35. The van der Waals surface area contributed by atoms with Crippen molar-refractivity contribution in [3.8, 4) is 11.3 Å². The second-order valence-electron chi connectivity index (χ2n) is 3.39. The summed E-state index contributed by atoms with van der Waals surface area (Å²) in [6.45, 7) is 0. The van der Waals surface area contributed by atoms with Crippen LogP contribution in [0.4, 0.5) is 5.82 Å². The minimum Gasteiger partial charge on any atom is -0.382 e. The summed E-state index contributed by atoms with van der Waals surface area (Å²) in [5, 5.41) is 12.4. The highest BCUT2D eigenvalue weighted by molar-refractivity contribution is 6.43. The number of nitrogen functional groups attached to an aromatic ring is 1. The molecule has 0 aliphatic heterocycles. The molecule has 0 bridgehead atoms. The predicted molar refractivity (Wildman–Crippen MR) is 66.7 cm³/mol. The van der Waals surface area contributed by atoms with E-state index in [2.05, 4.69) is 10.1 Å². The zero-order chi connectivity index (χ0) is 12.6. The van der Waals surface area contributed by atoms with Crippen molar-refractivity contribution in [1.82, 2.24) is 14.8 Å². The average Bonchev–Trinajstić information content (AvgIpc) is 2.28. The van der Waals surface area contributed by atoms with Crippen molar-refractivity contribution >= 4 is 29.0 Å². The first-order valence-corrected chi connectivity index (χ1v) is 5.46. The third-order valence-corrected chi connectivity index (χ3v) is 3.05. The van der Waals surface area contributed by atoms with Crippen LogP contribution < -0.4 is 11.4 Å². The Morgan fingerprint density at radius 2 is 2.06 bits per heavy atom. The number of halogens is 2. The lowest BCUT2D eigenvalue weighted by Gasteiger charge is -2.08. The Kier molecular flexibility index (Phi) is 3.04. The second-order valence-corrected chi connectivity index (χ2v) is 4.18. The smallest absolute Gasteiger partial charge is 0.240 e. The number of benzene rings is 1. The van der Waals surface area contributed by atoms with Crippen molar-refractivity contribution in [2.45, 2.75) is 0 Å². The van der Waals surface area contributed by atoms with Gasteiger partial charge in [-0.1, -0.05) is 35.3 Å². The van der Waals surface area contributed by atoms with Gasteiger partial charge in [-0.05, 0) is 6.07 Å². The standard InChI is InChI=1S/C10H9Cl2N5/c1-17-10(14)15-9(13)8(16-17)5-3-2-4-6(11)7(5)12/h2-4H,1H3,(H3,13,14,15)/i9+1,10+1,13+1,14+1,15+1,16+1,17+1. The number of nitrogens with zero attached hydrogens (tertiary/aromatic N) is 3. The third-order valence-electron chi connectivity index (χ3n) is 2.23. The minimum atomic E-state index is -0.0237. The zero-order valence-electron chi connectivity index (χ0n) is 8.91. The molecule has 0 unspecified atom stereocenters. The SMILES string of the molecule is C[15n]1[15n]c(-c2cccc(Cl)c2Cl)[13c]([15NH2])[15n][13c]1=[15NH]. The highest BCUT2D eigenvalue weighted by Crippen LogP contribution is 2.33. The molecule has 0 aliphatic rings. The molecule has 1 aromatic heterocycles. The van der Waals surface area contributed by atoms with Crippen LogP contribution in [0, 0.1) is 5.41 Å². The van der Waals surface area contributed by atoms with E-state index < -0.39 is 0 Å². The van der Waals surface area contributed by atoms with Gasteiger partial charge in [0, 0.05) is 12.6 Å². The summed E-state index contributed by atoms with van der Waals surface area (Å²) in [5.41, 5.74) is 6.72. The lowest BCUT2D eigenvalue weighted by Crippen LogP contribution is -2.24. The fourth-order valence-electron chi connectivity index (χ4n) is 1.37. The van der Waals surface area contributed by atoms with Crippen LogP contribution in [-0.2, 0) is 7.05 Å². The normalized spacial score (nSPS) is 10.5. The van der Waals surface area contributed by atoms with Crippen LogP contribution in [0.1, 0.15) is 0 Å². The third kappa shape index (κ3) is 2.11. The van der Waals surface area contributed by atoms with Crippen LogP contribution in [0.5, 0.6) is 0 Å². The van der Waals surface area contributed by atoms with E-state index in [0.717, 1.165) is 0 Å². The van der Waals surface area contributed by atoms with Gasteiger partial charge in [-0.25, -0.2) is 4.68 Å². The molecule has 0 saturated heterocycles. The topological polar surface area (TPSA) is 80.6 Å². The van der Waals surface area contributed by atoms with Gasteiger partial charge in [-0.15, -0.1) is 0 Å². The quantitative estimate of drug-likeness (QED) is 0.780. The molecule has 1 heterocycles. The van der Waals surface area contributed by atoms with Crippen molar-refractivity contribution in [2.24, 2.45) is 7.05 Å². The molecule has 3 N–H and O–H groups in total. The Hall–Kier alpha value is -1.59. The maximum atomic E-state index is 7.47. The molecular weight excluding hydrogens is 268 g/mol. The van der Waals surface area contributed by atoms with Gasteiger partial charge in [-0.3, -0.25) is 5.41 Å². The highest BCUT2D eigenvalue weighted by atomic mass is 35.5. The molecule has 88 valence electrons. The van der Waals surface area contributed by atoms with Gasteiger partial charge in [0.2, 0.25) is 5.62 Å². The number of nitrogens with two attached hydrogens (primary N) is 1. The summed E-state index contributed by atoms with van der Waals surface area (Å²) in [4.78, 5) is 3.86. The minimum absolute atomic E-state index is 0.0237. The molecule has 0 saturated carbocycles. The zero-order valence-corrected chi connectivity index (χ0v) is 10.4. The number of hydrogen-bond donors (Lipinski definition) is 2. The van der Waals surface area contributed by atoms with E-state index in [1.165, 1.54) is 4.68 Å². The van der Waals surface area contributed by atoms with Crippen molar-refractivity contribution in [3.05, 3.63) is 33.9 Å². The Morgan fingerprint density at radius 1 is 1.35 bits per heavy atom. The molecule has 1 aromatic carbocycles. The van der Waals surface area contributed by atoms with Crippen LogP contribution in [0.2, 0.25) is 10.0 Å². The first kappa shape index (κ1) is 11.9. The Morgan fingerprint density at radius 3 is 2.76 bits per heavy atom. The fourth-order valence-corrected chi connectivity index (χ4v) is 1.76. The number of aryl methyl sites for hydroxylation is 1. The summed E-state index contributed by atoms with van der Waals surface area (Å²) in [7, 11) is 1.61. The van der Waals surface area contributed by atoms with Gasteiger partial charge in [-0.2, -0.15) is 10.1 Å². The van der Waals surface area contributed by atoms with Gasteiger partial charge < -0.3 is 5.73 Å². The van der Waals surface area contributed by atoms with Gasteiger partial charge >= 0.3 is 0 Å². The summed E-state index contributed by atoms with van der Waals surface area (Å²) in [6, 6.07) is 5.17. The first-order chi connectivity index (χ1) is 8.00. The monoisotopic (exact) mass is 276 g/mol. The molecular formula is C10H9Cl2N5. The van der Waals surface area contributed by atoms with Gasteiger partial charge in [0.05, 0.1) is 10.0 Å². The number of aromatic nitrogens is 3. The molecule has 0 atom stereocenters. The highest BCUT2D eigenvalue weighted by Gasteiger charge is 2.13. The molecule has 0 amide bonds. The number of rotatable bonds is 1. The molecule has 2 aromatic rings. The largest absolute Gasteiger partial charge is 0.382 e. The molecule has 5 nitrogen and oxygen atoms in total. The molecule has 0 radical (unpaired) electrons. The van der Waals surface area contributed by atoms with E-state index in [0.29, 0.717) is 21.3 Å². The number of nitrogens with one attached hydrogen (secondary N) is 1. The van der Waals surface area contributed by atoms with Gasteiger partial charge in [0.15, 0.2) is 5.82 Å². The number of anilines is 1. The Labute approximate surface area is 107 Å². The van der Waals surface area contributed by atoms with E-state index in [9.17, 15) is 0 Å². The summed E-state index contributed by atoms with van der Waals surface area (Å²) < 4.78 is 1.31. The molecule has 7 heteroatoms. The van der Waals surface area contributed by atoms with Crippen LogP contribution in [-0.4, -0.2) is 14.8 Å². The van der Waals surface area contributed by atoms with Crippen LogP contribution in [0.25, 0.3) is 11.3 Å². The molecule has 0 spiro atoms. The maximum absolute atomic E-state index is 7.47. The number of hydrogen-bond acceptors (Lipinski definition) is 4. The molecule has 0 fully saturated rings.